The van der Waals surface area contributed by atoms with Gasteiger partial charge in [-0.05, 0) is 29.8 Å². The smallest absolute Gasteiger partial charge is 0.144 e. The first kappa shape index (κ1) is 13.8. The van der Waals surface area contributed by atoms with Gasteiger partial charge in [0.05, 0.1) is 16.8 Å². The van der Waals surface area contributed by atoms with Gasteiger partial charge < -0.3 is 14.5 Å². The molecule has 0 fully saturated rings. The number of hydrogen-bond donors (Lipinski definition) is 1. The van der Waals surface area contributed by atoms with Crippen molar-refractivity contribution in [3.8, 4) is 0 Å². The van der Waals surface area contributed by atoms with Gasteiger partial charge in [0.1, 0.15) is 16.1 Å². The Morgan fingerprint density at radius 2 is 2.06 bits per heavy atom. The summed E-state index contributed by atoms with van der Waals surface area (Å²) in [5, 5.41) is 0. The summed E-state index contributed by atoms with van der Waals surface area (Å²) in [6, 6.07) is 0. The highest BCUT2D eigenvalue weighted by Gasteiger charge is 2.23. The molecule has 1 aromatic rings. The summed E-state index contributed by atoms with van der Waals surface area (Å²) < 4.78 is 11.7. The quantitative estimate of drug-likeness (QED) is 0.869. The van der Waals surface area contributed by atoms with Crippen LogP contribution in [0.2, 0.25) is 0 Å². The third kappa shape index (κ3) is 2.88. The van der Waals surface area contributed by atoms with Crippen molar-refractivity contribution in [2.75, 3.05) is 14.2 Å². The van der Waals surface area contributed by atoms with E-state index in [2.05, 4.69) is 25.9 Å². The summed E-state index contributed by atoms with van der Waals surface area (Å²) in [5.41, 5.74) is 0.360. The van der Waals surface area contributed by atoms with Crippen LogP contribution in [0.1, 0.15) is 25.4 Å². The number of halogens is 1. The van der Waals surface area contributed by atoms with Gasteiger partial charge in [0.2, 0.25) is 0 Å². The molecule has 1 rings (SSSR count). The first-order chi connectivity index (χ1) is 7.42. The van der Waals surface area contributed by atoms with Crippen LogP contribution in [-0.4, -0.2) is 24.2 Å². The Kier molecular flexibility index (Phi) is 4.61. The van der Waals surface area contributed by atoms with Gasteiger partial charge in [0.15, 0.2) is 0 Å². The van der Waals surface area contributed by atoms with Gasteiger partial charge in [-0.25, -0.2) is 4.98 Å². The number of aromatic amines is 1. The van der Waals surface area contributed by atoms with E-state index in [4.69, 9.17) is 21.7 Å². The van der Waals surface area contributed by atoms with Crippen molar-refractivity contribution in [2.24, 2.45) is 0 Å². The third-order valence-electron chi connectivity index (χ3n) is 2.30. The average Bonchev–Trinajstić information content (AvgIpc) is 2.24. The maximum Gasteiger partial charge on any atom is 0.144 e. The molecule has 0 saturated heterocycles. The van der Waals surface area contributed by atoms with Crippen LogP contribution in [0.25, 0.3) is 0 Å². The zero-order valence-corrected chi connectivity index (χ0v) is 12.2. The molecule has 1 N–H and O–H groups in total. The van der Waals surface area contributed by atoms with E-state index in [-0.39, 0.29) is 0 Å². The minimum Gasteiger partial charge on any atom is -0.378 e. The van der Waals surface area contributed by atoms with Crippen LogP contribution in [0.5, 0.6) is 0 Å². The number of hydrogen-bond acceptors (Lipinski definition) is 4. The van der Waals surface area contributed by atoms with Crippen LogP contribution in [0, 0.1) is 4.64 Å². The van der Waals surface area contributed by atoms with Gasteiger partial charge in [0, 0.05) is 14.2 Å². The Bertz CT molecular complexity index is 431. The standard InChI is InChI=1S/C10H15BrN2O2S/c1-10(2,15-4)9-12-6(5-14-3)7(11)8(16)13-9/h5H2,1-4H3,(H,12,13,16). The number of ether oxygens (including phenoxy) is 2. The van der Waals surface area contributed by atoms with Gasteiger partial charge in [-0.15, -0.1) is 0 Å². The second-order valence-electron chi connectivity index (χ2n) is 3.83. The number of H-pyrrole nitrogens is 1. The Morgan fingerprint density at radius 3 is 2.56 bits per heavy atom. The summed E-state index contributed by atoms with van der Waals surface area (Å²) in [6.45, 7) is 4.29. The van der Waals surface area contributed by atoms with E-state index in [0.717, 1.165) is 10.2 Å². The van der Waals surface area contributed by atoms with Gasteiger partial charge in [-0.2, -0.15) is 0 Å². The van der Waals surface area contributed by atoms with Crippen molar-refractivity contribution in [1.82, 2.24) is 9.97 Å². The first-order valence-electron chi connectivity index (χ1n) is 4.75. The second-order valence-corrected chi connectivity index (χ2v) is 5.01. The highest BCUT2D eigenvalue weighted by molar-refractivity contribution is 9.10. The molecular weight excluding hydrogens is 292 g/mol. The molecule has 4 nitrogen and oxygen atoms in total. The zero-order chi connectivity index (χ0) is 12.3. The molecule has 1 heterocycles. The molecule has 0 unspecified atom stereocenters. The van der Waals surface area contributed by atoms with Crippen molar-refractivity contribution in [1.29, 1.82) is 0 Å². The molecule has 16 heavy (non-hydrogen) atoms. The molecule has 0 aromatic carbocycles. The summed E-state index contributed by atoms with van der Waals surface area (Å²) in [7, 11) is 3.27. The molecule has 0 radical (unpaired) electrons. The Morgan fingerprint density at radius 1 is 1.44 bits per heavy atom. The van der Waals surface area contributed by atoms with E-state index in [1.807, 2.05) is 13.8 Å². The van der Waals surface area contributed by atoms with E-state index in [1.165, 1.54) is 0 Å². The van der Waals surface area contributed by atoms with Gasteiger partial charge in [0.25, 0.3) is 0 Å². The molecule has 6 heteroatoms. The SMILES string of the molecule is COCc1[nH]c(C(C)(C)OC)nc(=S)c1Br. The maximum absolute atomic E-state index is 5.36. The van der Waals surface area contributed by atoms with E-state index in [0.29, 0.717) is 17.1 Å². The molecule has 0 aliphatic heterocycles. The molecular formula is C10H15BrN2O2S. The van der Waals surface area contributed by atoms with Crippen molar-refractivity contribution in [3.63, 3.8) is 0 Å². The van der Waals surface area contributed by atoms with Gasteiger partial charge >= 0.3 is 0 Å². The third-order valence-corrected chi connectivity index (χ3v) is 3.72. The molecule has 0 saturated carbocycles. The number of rotatable bonds is 4. The van der Waals surface area contributed by atoms with Crippen molar-refractivity contribution < 1.29 is 9.47 Å². The first-order valence-corrected chi connectivity index (χ1v) is 5.95. The van der Waals surface area contributed by atoms with E-state index < -0.39 is 5.60 Å². The summed E-state index contributed by atoms with van der Waals surface area (Å²) >= 11 is 8.56. The average molecular weight is 307 g/mol. The predicted octanol–water partition coefficient (Wildman–Crippen LogP) is 2.93. The maximum atomic E-state index is 5.36. The lowest BCUT2D eigenvalue weighted by atomic mass is 10.1. The highest BCUT2D eigenvalue weighted by Crippen LogP contribution is 2.24. The molecule has 0 amide bonds. The molecule has 0 spiro atoms. The lowest BCUT2D eigenvalue weighted by Gasteiger charge is -2.22. The van der Waals surface area contributed by atoms with Crippen molar-refractivity contribution in [3.05, 3.63) is 20.6 Å². The normalized spacial score (nSPS) is 11.8. The summed E-state index contributed by atoms with van der Waals surface area (Å²) in [4.78, 5) is 7.46. The molecule has 0 bridgehead atoms. The lowest BCUT2D eigenvalue weighted by Crippen LogP contribution is -2.24. The number of nitrogens with one attached hydrogen (secondary N) is 1. The fourth-order valence-corrected chi connectivity index (χ4v) is 1.65. The largest absolute Gasteiger partial charge is 0.378 e. The van der Waals surface area contributed by atoms with Gasteiger partial charge in [-0.3, -0.25) is 0 Å². The van der Waals surface area contributed by atoms with Crippen LogP contribution in [0.4, 0.5) is 0 Å². The topological polar surface area (TPSA) is 47.1 Å². The molecule has 0 aliphatic carbocycles. The number of methoxy groups -OCH3 is 2. The minimum atomic E-state index is -0.503. The molecule has 90 valence electrons. The predicted molar refractivity (Wildman–Crippen MR) is 67.9 cm³/mol. The lowest BCUT2D eigenvalue weighted by molar-refractivity contribution is 0.0108. The van der Waals surface area contributed by atoms with Crippen LogP contribution in [0.3, 0.4) is 0 Å². The van der Waals surface area contributed by atoms with Crippen LogP contribution < -0.4 is 0 Å². The Balaban J connectivity index is 3.29. The van der Waals surface area contributed by atoms with Gasteiger partial charge in [-0.1, -0.05) is 12.2 Å². The summed E-state index contributed by atoms with van der Waals surface area (Å²) in [6.07, 6.45) is 0. The van der Waals surface area contributed by atoms with E-state index in [9.17, 15) is 0 Å². The van der Waals surface area contributed by atoms with E-state index in [1.54, 1.807) is 14.2 Å². The molecule has 0 aliphatic rings. The Labute approximate surface area is 109 Å². The van der Waals surface area contributed by atoms with Crippen LogP contribution >= 0.6 is 28.1 Å². The zero-order valence-electron chi connectivity index (χ0n) is 9.76. The highest BCUT2D eigenvalue weighted by atomic mass is 79.9. The monoisotopic (exact) mass is 306 g/mol. The summed E-state index contributed by atoms with van der Waals surface area (Å²) in [5.74, 6) is 0.690. The minimum absolute atomic E-state index is 0.444. The van der Waals surface area contributed by atoms with Crippen molar-refractivity contribution >= 4 is 28.1 Å². The number of nitrogens with zero attached hydrogens (tertiary/aromatic N) is 1. The van der Waals surface area contributed by atoms with Crippen LogP contribution in [0.15, 0.2) is 4.47 Å². The van der Waals surface area contributed by atoms with Crippen LogP contribution in [-0.2, 0) is 21.7 Å². The number of aromatic nitrogens is 2. The molecule has 1 aromatic heterocycles. The fourth-order valence-electron chi connectivity index (χ4n) is 1.13. The fraction of sp³-hybridized carbons (Fsp3) is 0.600. The molecule has 0 atom stereocenters. The van der Waals surface area contributed by atoms with E-state index >= 15 is 0 Å². The second kappa shape index (κ2) is 5.35. The Hall–Kier alpha value is -0.300. The van der Waals surface area contributed by atoms with Crippen molar-refractivity contribution in [2.45, 2.75) is 26.1 Å².